The van der Waals surface area contributed by atoms with E-state index in [0.717, 1.165) is 24.2 Å². The molecule has 2 aromatic rings. The SMILES string of the molecule is C[C@H](c1ccccn1)N(C(=O)CNc1ccc(C#N)cc1)C1CC1. The van der Waals surface area contributed by atoms with Crippen molar-refractivity contribution < 1.29 is 4.79 Å². The summed E-state index contributed by atoms with van der Waals surface area (Å²) in [6, 6.07) is 15.3. The molecule has 5 nitrogen and oxygen atoms in total. The lowest BCUT2D eigenvalue weighted by atomic mass is 10.1. The van der Waals surface area contributed by atoms with Gasteiger partial charge in [-0.1, -0.05) is 6.07 Å². The fourth-order valence-corrected chi connectivity index (χ4v) is 2.79. The van der Waals surface area contributed by atoms with Crippen LogP contribution in [0.25, 0.3) is 0 Å². The molecule has 1 amide bonds. The Hall–Kier alpha value is -2.87. The number of benzene rings is 1. The van der Waals surface area contributed by atoms with Crippen LogP contribution in [0.5, 0.6) is 0 Å². The number of pyridine rings is 1. The molecular formula is C19H20N4O. The van der Waals surface area contributed by atoms with E-state index in [1.807, 2.05) is 42.2 Å². The number of carbonyl (C=O) groups is 1. The van der Waals surface area contributed by atoms with Crippen LogP contribution in [0, 0.1) is 11.3 Å². The summed E-state index contributed by atoms with van der Waals surface area (Å²) in [5.74, 6) is 0.0695. The van der Waals surface area contributed by atoms with E-state index in [4.69, 9.17) is 5.26 Å². The van der Waals surface area contributed by atoms with Crippen molar-refractivity contribution in [2.45, 2.75) is 31.8 Å². The summed E-state index contributed by atoms with van der Waals surface area (Å²) >= 11 is 0. The number of rotatable bonds is 6. The van der Waals surface area contributed by atoms with Gasteiger partial charge >= 0.3 is 0 Å². The van der Waals surface area contributed by atoms with Crippen LogP contribution in [-0.2, 0) is 4.79 Å². The van der Waals surface area contributed by atoms with Crippen LogP contribution < -0.4 is 5.32 Å². The molecule has 5 heteroatoms. The molecule has 1 aliphatic carbocycles. The third kappa shape index (κ3) is 3.72. The van der Waals surface area contributed by atoms with Gasteiger partial charge in [-0.25, -0.2) is 0 Å². The van der Waals surface area contributed by atoms with Gasteiger partial charge in [-0.05, 0) is 56.2 Å². The Morgan fingerprint density at radius 3 is 2.67 bits per heavy atom. The normalized spacial score (nSPS) is 14.5. The van der Waals surface area contributed by atoms with Gasteiger partial charge in [-0.3, -0.25) is 9.78 Å². The minimum absolute atomic E-state index is 0.0334. The fraction of sp³-hybridized carbons (Fsp3) is 0.316. The fourth-order valence-electron chi connectivity index (χ4n) is 2.79. The quantitative estimate of drug-likeness (QED) is 0.888. The van der Waals surface area contributed by atoms with Crippen molar-refractivity contribution in [2.75, 3.05) is 11.9 Å². The van der Waals surface area contributed by atoms with Crippen LogP contribution >= 0.6 is 0 Å². The Labute approximate surface area is 141 Å². The predicted molar refractivity (Wildman–Crippen MR) is 92.2 cm³/mol. The second-order valence-electron chi connectivity index (χ2n) is 6.01. The molecule has 1 atom stereocenters. The van der Waals surface area contributed by atoms with Crippen LogP contribution in [0.1, 0.15) is 37.1 Å². The molecule has 1 heterocycles. The molecule has 1 aliphatic rings. The molecule has 0 radical (unpaired) electrons. The summed E-state index contributed by atoms with van der Waals surface area (Å²) in [6.45, 7) is 2.26. The van der Waals surface area contributed by atoms with E-state index in [9.17, 15) is 4.79 Å². The first-order valence-electron chi connectivity index (χ1n) is 8.15. The van der Waals surface area contributed by atoms with Crippen molar-refractivity contribution >= 4 is 11.6 Å². The molecule has 1 aromatic heterocycles. The van der Waals surface area contributed by atoms with E-state index in [1.165, 1.54) is 0 Å². The standard InChI is InChI=1S/C19H20N4O/c1-14(18-4-2-3-11-21-18)23(17-9-10-17)19(24)13-22-16-7-5-15(12-20)6-8-16/h2-8,11,14,17,22H,9-10,13H2,1H3/t14-/m1/s1. The maximum absolute atomic E-state index is 12.7. The van der Waals surface area contributed by atoms with Crippen LogP contribution in [0.3, 0.4) is 0 Å². The first-order chi connectivity index (χ1) is 11.7. The minimum Gasteiger partial charge on any atom is -0.376 e. The van der Waals surface area contributed by atoms with Crippen LogP contribution in [0.4, 0.5) is 5.69 Å². The Bertz CT molecular complexity index is 732. The lowest BCUT2D eigenvalue weighted by molar-refractivity contribution is -0.132. The van der Waals surface area contributed by atoms with Gasteiger partial charge in [-0.2, -0.15) is 5.26 Å². The molecular weight excluding hydrogens is 300 g/mol. The van der Waals surface area contributed by atoms with Gasteiger partial charge in [0.1, 0.15) is 0 Å². The number of nitriles is 1. The Morgan fingerprint density at radius 2 is 2.08 bits per heavy atom. The average molecular weight is 320 g/mol. The van der Waals surface area contributed by atoms with Crippen LogP contribution in [0.15, 0.2) is 48.7 Å². The first-order valence-corrected chi connectivity index (χ1v) is 8.15. The third-order valence-electron chi connectivity index (χ3n) is 4.22. The number of aromatic nitrogens is 1. The van der Waals surface area contributed by atoms with E-state index in [1.54, 1.807) is 18.3 Å². The number of carbonyl (C=O) groups excluding carboxylic acids is 1. The maximum atomic E-state index is 12.7. The molecule has 3 rings (SSSR count). The van der Waals surface area contributed by atoms with E-state index in [0.29, 0.717) is 11.6 Å². The molecule has 0 aliphatic heterocycles. The molecule has 0 saturated heterocycles. The summed E-state index contributed by atoms with van der Waals surface area (Å²) in [5, 5.41) is 12.0. The van der Waals surface area contributed by atoms with Gasteiger partial charge < -0.3 is 10.2 Å². The Kier molecular flexibility index (Phi) is 4.76. The summed E-state index contributed by atoms with van der Waals surface area (Å²) in [7, 11) is 0. The highest BCUT2D eigenvalue weighted by atomic mass is 16.2. The van der Waals surface area contributed by atoms with E-state index < -0.39 is 0 Å². The van der Waals surface area contributed by atoms with E-state index in [-0.39, 0.29) is 18.5 Å². The van der Waals surface area contributed by atoms with Crippen LogP contribution in [0.2, 0.25) is 0 Å². The lowest BCUT2D eigenvalue weighted by Crippen LogP contribution is -2.39. The average Bonchev–Trinajstić information content (AvgIpc) is 3.46. The molecule has 1 aromatic carbocycles. The zero-order valence-electron chi connectivity index (χ0n) is 13.6. The zero-order chi connectivity index (χ0) is 16.9. The van der Waals surface area contributed by atoms with Crippen molar-refractivity contribution in [2.24, 2.45) is 0 Å². The summed E-state index contributed by atoms with van der Waals surface area (Å²) in [4.78, 5) is 19.0. The van der Waals surface area contributed by atoms with E-state index in [2.05, 4.69) is 16.4 Å². The molecule has 122 valence electrons. The van der Waals surface area contributed by atoms with Gasteiger partial charge in [0.15, 0.2) is 0 Å². The molecule has 1 N–H and O–H groups in total. The first kappa shape index (κ1) is 16.0. The lowest BCUT2D eigenvalue weighted by Gasteiger charge is -2.29. The smallest absolute Gasteiger partial charge is 0.242 e. The second-order valence-corrected chi connectivity index (χ2v) is 6.01. The maximum Gasteiger partial charge on any atom is 0.242 e. The van der Waals surface area contributed by atoms with Gasteiger partial charge in [0.25, 0.3) is 0 Å². The minimum atomic E-state index is -0.0334. The summed E-state index contributed by atoms with van der Waals surface area (Å²) < 4.78 is 0. The largest absolute Gasteiger partial charge is 0.376 e. The number of amides is 1. The third-order valence-corrected chi connectivity index (χ3v) is 4.22. The Balaban J connectivity index is 1.65. The number of nitrogens with one attached hydrogen (secondary N) is 1. The topological polar surface area (TPSA) is 69.0 Å². The monoisotopic (exact) mass is 320 g/mol. The van der Waals surface area contributed by atoms with E-state index >= 15 is 0 Å². The van der Waals surface area contributed by atoms with Crippen molar-refractivity contribution in [1.29, 1.82) is 5.26 Å². The Morgan fingerprint density at radius 1 is 1.33 bits per heavy atom. The highest BCUT2D eigenvalue weighted by Crippen LogP contribution is 2.33. The molecule has 0 spiro atoms. The van der Waals surface area contributed by atoms with Crippen molar-refractivity contribution in [3.05, 3.63) is 59.9 Å². The highest BCUT2D eigenvalue weighted by Gasteiger charge is 2.36. The van der Waals surface area contributed by atoms with Crippen molar-refractivity contribution in [1.82, 2.24) is 9.88 Å². The van der Waals surface area contributed by atoms with Gasteiger partial charge in [-0.15, -0.1) is 0 Å². The molecule has 1 saturated carbocycles. The summed E-state index contributed by atoms with van der Waals surface area (Å²) in [5.41, 5.74) is 2.36. The van der Waals surface area contributed by atoms with Gasteiger partial charge in [0, 0.05) is 17.9 Å². The molecule has 0 unspecified atom stereocenters. The zero-order valence-corrected chi connectivity index (χ0v) is 13.6. The second kappa shape index (κ2) is 7.14. The number of hydrogen-bond donors (Lipinski definition) is 1. The molecule has 1 fully saturated rings. The number of nitrogens with zero attached hydrogens (tertiary/aromatic N) is 3. The predicted octanol–water partition coefficient (Wildman–Crippen LogP) is 3.12. The molecule has 0 bridgehead atoms. The summed E-state index contributed by atoms with van der Waals surface area (Å²) in [6.07, 6.45) is 3.87. The number of anilines is 1. The van der Waals surface area contributed by atoms with Gasteiger partial charge in [0.05, 0.1) is 29.9 Å². The van der Waals surface area contributed by atoms with Crippen LogP contribution in [-0.4, -0.2) is 28.4 Å². The molecule has 24 heavy (non-hydrogen) atoms. The van der Waals surface area contributed by atoms with Crippen molar-refractivity contribution in [3.63, 3.8) is 0 Å². The van der Waals surface area contributed by atoms with Crippen molar-refractivity contribution in [3.8, 4) is 6.07 Å². The van der Waals surface area contributed by atoms with Gasteiger partial charge in [0.2, 0.25) is 5.91 Å². The number of hydrogen-bond acceptors (Lipinski definition) is 4. The highest BCUT2D eigenvalue weighted by molar-refractivity contribution is 5.82.